The number of hydrogen-bond acceptors (Lipinski definition) is 12. The van der Waals surface area contributed by atoms with Crippen LogP contribution in [0.3, 0.4) is 0 Å². The van der Waals surface area contributed by atoms with E-state index in [0.29, 0.717) is 12.0 Å². The molecule has 0 bridgehead atoms. The standard InChI is InChI=1S/C33H44FN6O9P/c1-3-5-6-7-8-9-10-14-17-46-27(42)20-47-50(45,39-24(31(43)44)18-23-15-12-11-13-16-23)48-21-33(4-2)25(41)19-26(49-33)40-22-36-28-29(35)37-32(34)38-30(28)40/h2,11-13,15-16,22,24-26,41H,3,5-10,14,17-21H2,1H3,(H,39,45)(H,43,44)(H2,35,37,38)/t24-,25-,26+,33+,50-/m0/s1. The highest BCUT2D eigenvalue weighted by Crippen LogP contribution is 2.48. The van der Waals surface area contributed by atoms with Crippen molar-refractivity contribution in [2.75, 3.05) is 25.6 Å². The summed E-state index contributed by atoms with van der Waals surface area (Å²) in [4.78, 5) is 36.0. The first-order valence-electron chi connectivity index (χ1n) is 16.6. The van der Waals surface area contributed by atoms with Gasteiger partial charge in [-0.1, -0.05) is 88.1 Å². The molecule has 3 aromatic rings. The van der Waals surface area contributed by atoms with E-state index in [4.69, 9.17) is 30.7 Å². The van der Waals surface area contributed by atoms with E-state index in [0.717, 1.165) is 19.3 Å². The number of carbonyl (C=O) groups is 2. The second-order valence-electron chi connectivity index (χ2n) is 12.0. The van der Waals surface area contributed by atoms with Crippen LogP contribution in [0.1, 0.15) is 76.5 Å². The molecule has 17 heteroatoms. The number of terminal acetylenes is 1. The van der Waals surface area contributed by atoms with Gasteiger partial charge < -0.3 is 25.4 Å². The topological polar surface area (TPSA) is 210 Å². The predicted molar refractivity (Wildman–Crippen MR) is 180 cm³/mol. The predicted octanol–water partition coefficient (Wildman–Crippen LogP) is 4.31. The molecule has 0 unspecified atom stereocenters. The summed E-state index contributed by atoms with van der Waals surface area (Å²) in [6.07, 6.45) is 11.6. The summed E-state index contributed by atoms with van der Waals surface area (Å²) in [6, 6.07) is 7.08. The molecule has 5 atom stereocenters. The highest BCUT2D eigenvalue weighted by molar-refractivity contribution is 7.51. The van der Waals surface area contributed by atoms with Crippen LogP contribution < -0.4 is 10.8 Å². The van der Waals surface area contributed by atoms with Gasteiger partial charge in [0, 0.05) is 6.42 Å². The molecule has 1 aromatic carbocycles. The zero-order valence-corrected chi connectivity index (χ0v) is 28.8. The number of aliphatic hydroxyl groups excluding tert-OH is 1. The molecule has 50 heavy (non-hydrogen) atoms. The highest BCUT2D eigenvalue weighted by Gasteiger charge is 2.50. The molecule has 2 aromatic heterocycles. The summed E-state index contributed by atoms with van der Waals surface area (Å²) in [6.45, 7) is 0.693. The number of fused-ring (bicyclic) bond motifs is 1. The summed E-state index contributed by atoms with van der Waals surface area (Å²) in [5, 5.41) is 23.4. The van der Waals surface area contributed by atoms with Crippen LogP contribution in [0.4, 0.5) is 10.2 Å². The maximum atomic E-state index is 14.1. The number of aliphatic carboxylic acids is 1. The third-order valence-corrected chi connectivity index (χ3v) is 9.81. The lowest BCUT2D eigenvalue weighted by Gasteiger charge is -2.29. The van der Waals surface area contributed by atoms with Gasteiger partial charge in [-0.2, -0.15) is 14.4 Å². The van der Waals surface area contributed by atoms with E-state index in [1.54, 1.807) is 30.3 Å². The van der Waals surface area contributed by atoms with Crippen LogP contribution in [0.15, 0.2) is 36.7 Å². The van der Waals surface area contributed by atoms with Crippen LogP contribution >= 0.6 is 7.75 Å². The first kappa shape index (κ1) is 38.8. The van der Waals surface area contributed by atoms with Crippen molar-refractivity contribution in [1.29, 1.82) is 0 Å². The molecule has 5 N–H and O–H groups in total. The Balaban J connectivity index is 1.43. The number of rotatable bonds is 21. The number of halogens is 1. The van der Waals surface area contributed by atoms with E-state index in [2.05, 4.69) is 32.9 Å². The molecule has 272 valence electrons. The SMILES string of the molecule is C#C[C@]1(CO[P@](=O)(N[C@@H](Cc2ccccc2)C(=O)O)OCC(=O)OCCCCCCCCCC)O[C@@H](n2cnc3c(N)nc(F)nc32)C[C@@H]1O. The van der Waals surface area contributed by atoms with Gasteiger partial charge in [-0.15, -0.1) is 6.42 Å². The Labute approximate surface area is 289 Å². The van der Waals surface area contributed by atoms with Gasteiger partial charge in [0.15, 0.2) is 29.2 Å². The first-order valence-corrected chi connectivity index (χ1v) is 18.1. The van der Waals surface area contributed by atoms with Crippen molar-refractivity contribution in [3.05, 3.63) is 48.3 Å². The van der Waals surface area contributed by atoms with E-state index < -0.39 is 63.0 Å². The summed E-state index contributed by atoms with van der Waals surface area (Å²) < 4.78 is 51.6. The van der Waals surface area contributed by atoms with Gasteiger partial charge >= 0.3 is 25.8 Å². The Bertz CT molecular complexity index is 1670. The van der Waals surface area contributed by atoms with E-state index in [-0.39, 0.29) is 36.4 Å². The molecule has 3 heterocycles. The minimum Gasteiger partial charge on any atom is -0.480 e. The number of benzene rings is 1. The van der Waals surface area contributed by atoms with Gasteiger partial charge in [-0.3, -0.25) is 18.4 Å². The summed E-state index contributed by atoms with van der Waals surface area (Å²) >= 11 is 0. The first-order chi connectivity index (χ1) is 24.0. The number of aliphatic hydroxyl groups is 1. The lowest BCUT2D eigenvalue weighted by molar-refractivity contribution is -0.146. The average molecular weight is 719 g/mol. The van der Waals surface area contributed by atoms with Crippen LogP contribution in [-0.4, -0.2) is 79.2 Å². The molecular weight excluding hydrogens is 674 g/mol. The van der Waals surface area contributed by atoms with Crippen molar-refractivity contribution >= 4 is 36.7 Å². The van der Waals surface area contributed by atoms with E-state index in [1.165, 1.54) is 36.6 Å². The number of carbonyl (C=O) groups excluding carboxylic acids is 1. The van der Waals surface area contributed by atoms with E-state index >= 15 is 0 Å². The molecule has 1 aliphatic heterocycles. The lowest BCUT2D eigenvalue weighted by Crippen LogP contribution is -2.44. The summed E-state index contributed by atoms with van der Waals surface area (Å²) in [5.41, 5.74) is 4.49. The molecule has 0 aliphatic carbocycles. The number of nitrogens with one attached hydrogen (secondary N) is 1. The summed E-state index contributed by atoms with van der Waals surface area (Å²) in [5.74, 6) is -0.0885. The Morgan fingerprint density at radius 1 is 1.18 bits per heavy atom. The number of anilines is 1. The number of carboxylic acids is 1. The number of nitrogens with zero attached hydrogens (tertiary/aromatic N) is 4. The number of imidazole rings is 1. The molecule has 4 rings (SSSR count). The van der Waals surface area contributed by atoms with Crippen LogP contribution in [0.2, 0.25) is 0 Å². The number of esters is 1. The normalized spacial score (nSPS) is 20.7. The number of hydrogen-bond donors (Lipinski definition) is 4. The molecule has 0 amide bonds. The van der Waals surface area contributed by atoms with Crippen molar-refractivity contribution in [3.63, 3.8) is 0 Å². The molecule has 15 nitrogen and oxygen atoms in total. The number of unbranched alkanes of at least 4 members (excludes halogenated alkanes) is 7. The van der Waals surface area contributed by atoms with Crippen molar-refractivity contribution in [2.24, 2.45) is 0 Å². The van der Waals surface area contributed by atoms with Gasteiger partial charge in [-0.25, -0.2) is 19.4 Å². The maximum absolute atomic E-state index is 14.1. The fourth-order valence-corrected chi connectivity index (χ4v) is 6.91. The Kier molecular flexibility index (Phi) is 14.2. The largest absolute Gasteiger partial charge is 0.480 e. The second kappa shape index (κ2) is 18.3. The van der Waals surface area contributed by atoms with E-state index in [1.807, 2.05) is 0 Å². The molecule has 0 saturated carbocycles. The molecule has 0 radical (unpaired) electrons. The molecule has 1 aliphatic rings. The third kappa shape index (κ3) is 10.5. The van der Waals surface area contributed by atoms with Gasteiger partial charge in [-0.05, 0) is 18.4 Å². The number of aromatic nitrogens is 4. The number of nitrogen functional groups attached to an aromatic ring is 1. The lowest BCUT2D eigenvalue weighted by atomic mass is 9.99. The van der Waals surface area contributed by atoms with Gasteiger partial charge in [0.1, 0.15) is 25.0 Å². The Morgan fingerprint density at radius 2 is 1.88 bits per heavy atom. The van der Waals surface area contributed by atoms with Crippen LogP contribution in [0.25, 0.3) is 11.2 Å². The Morgan fingerprint density at radius 3 is 2.56 bits per heavy atom. The number of ether oxygens (including phenoxy) is 2. The molecular formula is C33H44FN6O9P. The van der Waals surface area contributed by atoms with Gasteiger partial charge in [0.2, 0.25) is 0 Å². The van der Waals surface area contributed by atoms with Crippen LogP contribution in [0, 0.1) is 18.4 Å². The number of carboxylic acid groups (broad SMARTS) is 1. The van der Waals surface area contributed by atoms with Gasteiger partial charge in [0.25, 0.3) is 0 Å². The van der Waals surface area contributed by atoms with Crippen LogP contribution in [0.5, 0.6) is 0 Å². The molecule has 1 saturated heterocycles. The fraction of sp³-hybridized carbons (Fsp3) is 0.545. The smallest absolute Gasteiger partial charge is 0.406 e. The Hall–Kier alpha value is -3.97. The quantitative estimate of drug-likeness (QED) is 0.0398. The van der Waals surface area contributed by atoms with E-state index in [9.17, 15) is 28.8 Å². The maximum Gasteiger partial charge on any atom is 0.406 e. The fourth-order valence-electron chi connectivity index (χ4n) is 5.47. The third-order valence-electron chi connectivity index (χ3n) is 8.24. The minimum absolute atomic E-state index is 0.0210. The van der Waals surface area contributed by atoms with Gasteiger partial charge in [0.05, 0.1) is 12.9 Å². The zero-order chi connectivity index (χ0) is 36.1. The monoisotopic (exact) mass is 718 g/mol. The number of nitrogens with two attached hydrogens (primary N) is 1. The highest BCUT2D eigenvalue weighted by atomic mass is 31.2. The van der Waals surface area contributed by atoms with Crippen molar-refractivity contribution in [3.8, 4) is 12.3 Å². The molecule has 0 spiro atoms. The van der Waals surface area contributed by atoms with Crippen LogP contribution in [-0.2, 0) is 39.1 Å². The zero-order valence-electron chi connectivity index (χ0n) is 27.9. The van der Waals surface area contributed by atoms with Crippen molar-refractivity contribution < 1.29 is 47.3 Å². The van der Waals surface area contributed by atoms with Crippen molar-refractivity contribution in [2.45, 2.75) is 95.1 Å². The van der Waals surface area contributed by atoms with Crippen molar-refractivity contribution in [1.82, 2.24) is 24.6 Å². The minimum atomic E-state index is -4.67. The summed E-state index contributed by atoms with van der Waals surface area (Å²) in [7, 11) is -4.67. The second-order valence-corrected chi connectivity index (χ2v) is 13.8. The molecule has 1 fully saturated rings. The average Bonchev–Trinajstić information content (AvgIpc) is 3.67.